The predicted octanol–water partition coefficient (Wildman–Crippen LogP) is 1.30. The van der Waals surface area contributed by atoms with Gasteiger partial charge in [-0.15, -0.1) is 0 Å². The van der Waals surface area contributed by atoms with Crippen molar-refractivity contribution in [1.29, 1.82) is 0 Å². The summed E-state index contributed by atoms with van der Waals surface area (Å²) in [6.07, 6.45) is -0.552. The van der Waals surface area contributed by atoms with Crippen molar-refractivity contribution in [2.75, 3.05) is 5.75 Å². The predicted molar refractivity (Wildman–Crippen MR) is 57.8 cm³/mol. The highest BCUT2D eigenvalue weighted by Gasteiger charge is 2.24. The van der Waals surface area contributed by atoms with Crippen LogP contribution in [0.15, 0.2) is 23.3 Å². The summed E-state index contributed by atoms with van der Waals surface area (Å²) in [4.78, 5) is 18.3. The second-order valence-electron chi connectivity index (χ2n) is 2.95. The molecule has 0 aromatic carbocycles. The van der Waals surface area contributed by atoms with Gasteiger partial charge in [-0.05, 0) is 12.1 Å². The Kier molecular flexibility index (Phi) is 2.95. The monoisotopic (exact) mass is 240 g/mol. The lowest BCUT2D eigenvalue weighted by molar-refractivity contribution is 0.0651. The Labute approximate surface area is 95.0 Å². The van der Waals surface area contributed by atoms with Gasteiger partial charge in [0.15, 0.2) is 0 Å². The summed E-state index contributed by atoms with van der Waals surface area (Å²) in [6.45, 7) is 0. The molecule has 1 aromatic rings. The molecule has 1 unspecified atom stereocenters. The lowest BCUT2D eigenvalue weighted by Gasteiger charge is -2.02. The van der Waals surface area contributed by atoms with Crippen LogP contribution in [-0.4, -0.2) is 38.4 Å². The van der Waals surface area contributed by atoms with Crippen LogP contribution in [-0.2, 0) is 4.74 Å². The lowest BCUT2D eigenvalue weighted by Crippen LogP contribution is -2.13. The van der Waals surface area contributed by atoms with Crippen LogP contribution >= 0.6 is 11.8 Å². The SMILES string of the molecule is O=C(O)OC1CSC(c2ncccc2O)=N1. The van der Waals surface area contributed by atoms with Crippen LogP contribution in [0.25, 0.3) is 0 Å². The Morgan fingerprint density at radius 2 is 2.44 bits per heavy atom. The molecule has 0 amide bonds. The van der Waals surface area contributed by atoms with Crippen LogP contribution < -0.4 is 0 Å². The van der Waals surface area contributed by atoms with Gasteiger partial charge in [0.05, 0.1) is 5.75 Å². The summed E-state index contributed by atoms with van der Waals surface area (Å²) in [5, 5.41) is 18.4. The van der Waals surface area contributed by atoms with Crippen molar-refractivity contribution < 1.29 is 19.7 Å². The average molecular weight is 240 g/mol. The zero-order valence-corrected chi connectivity index (χ0v) is 8.85. The molecule has 1 aliphatic rings. The van der Waals surface area contributed by atoms with E-state index in [2.05, 4.69) is 14.7 Å². The Bertz CT molecular complexity index is 449. The van der Waals surface area contributed by atoms with Gasteiger partial charge in [0, 0.05) is 6.20 Å². The van der Waals surface area contributed by atoms with E-state index in [0.29, 0.717) is 16.5 Å². The van der Waals surface area contributed by atoms with Crippen LogP contribution in [0.5, 0.6) is 5.75 Å². The molecule has 0 radical (unpaired) electrons. The van der Waals surface area contributed by atoms with Crippen LogP contribution in [0.4, 0.5) is 4.79 Å². The number of aliphatic imine (C=N–C) groups is 1. The zero-order chi connectivity index (χ0) is 11.5. The minimum atomic E-state index is -1.36. The minimum Gasteiger partial charge on any atom is -0.506 e. The second-order valence-corrected chi connectivity index (χ2v) is 3.96. The number of carboxylic acid groups (broad SMARTS) is 1. The van der Waals surface area contributed by atoms with Crippen molar-refractivity contribution in [2.24, 2.45) is 4.99 Å². The number of aromatic nitrogens is 1. The van der Waals surface area contributed by atoms with Gasteiger partial charge in [0.25, 0.3) is 0 Å². The third-order valence-electron chi connectivity index (χ3n) is 1.85. The number of aromatic hydroxyl groups is 1. The van der Waals surface area contributed by atoms with Crippen LogP contribution in [0.2, 0.25) is 0 Å². The molecule has 0 spiro atoms. The number of thioether (sulfide) groups is 1. The summed E-state index contributed by atoms with van der Waals surface area (Å²) in [6, 6.07) is 3.10. The number of ether oxygens (including phenoxy) is 1. The fraction of sp³-hybridized carbons (Fsp3) is 0.222. The molecular weight excluding hydrogens is 232 g/mol. The third-order valence-corrected chi connectivity index (χ3v) is 2.87. The highest BCUT2D eigenvalue weighted by atomic mass is 32.2. The van der Waals surface area contributed by atoms with E-state index in [1.165, 1.54) is 24.0 Å². The van der Waals surface area contributed by atoms with E-state index in [1.807, 2.05) is 0 Å². The fourth-order valence-electron chi connectivity index (χ4n) is 1.22. The maximum atomic E-state index is 10.3. The smallest absolute Gasteiger partial charge is 0.506 e. The van der Waals surface area contributed by atoms with Crippen molar-refractivity contribution in [3.63, 3.8) is 0 Å². The molecule has 2 N–H and O–H groups in total. The maximum Gasteiger partial charge on any atom is 0.507 e. The highest BCUT2D eigenvalue weighted by Crippen LogP contribution is 2.27. The third kappa shape index (κ3) is 2.25. The van der Waals surface area contributed by atoms with E-state index in [9.17, 15) is 9.90 Å². The van der Waals surface area contributed by atoms with Gasteiger partial charge in [-0.25, -0.2) is 9.79 Å². The molecule has 1 atom stereocenters. The van der Waals surface area contributed by atoms with Gasteiger partial charge in [-0.3, -0.25) is 4.98 Å². The largest absolute Gasteiger partial charge is 0.507 e. The van der Waals surface area contributed by atoms with Crippen molar-refractivity contribution in [1.82, 2.24) is 4.98 Å². The summed E-state index contributed by atoms with van der Waals surface area (Å²) in [5.74, 6) is 0.419. The Balaban J connectivity index is 2.18. The molecule has 0 saturated heterocycles. The zero-order valence-electron chi connectivity index (χ0n) is 8.03. The van der Waals surface area contributed by atoms with Gasteiger partial charge < -0.3 is 14.9 Å². The summed E-state index contributed by atoms with van der Waals surface area (Å²) >= 11 is 1.30. The van der Waals surface area contributed by atoms with E-state index in [0.717, 1.165) is 0 Å². The number of rotatable bonds is 2. The van der Waals surface area contributed by atoms with Gasteiger partial charge in [-0.2, -0.15) is 0 Å². The molecule has 0 saturated carbocycles. The van der Waals surface area contributed by atoms with E-state index in [4.69, 9.17) is 5.11 Å². The molecule has 1 aromatic heterocycles. The number of carbonyl (C=O) groups is 1. The fourth-order valence-corrected chi connectivity index (χ4v) is 2.15. The van der Waals surface area contributed by atoms with Crippen LogP contribution in [0.3, 0.4) is 0 Å². The molecule has 6 nitrogen and oxygen atoms in total. The van der Waals surface area contributed by atoms with Gasteiger partial charge in [-0.1, -0.05) is 11.8 Å². The minimum absolute atomic E-state index is 0.0183. The van der Waals surface area contributed by atoms with Crippen LogP contribution in [0.1, 0.15) is 5.69 Å². The van der Waals surface area contributed by atoms with Gasteiger partial charge in [0.2, 0.25) is 6.23 Å². The molecule has 0 aliphatic carbocycles. The Hall–Kier alpha value is -1.76. The number of hydrogen-bond acceptors (Lipinski definition) is 6. The summed E-state index contributed by atoms with van der Waals surface area (Å²) < 4.78 is 4.50. The van der Waals surface area contributed by atoms with Crippen molar-refractivity contribution in [2.45, 2.75) is 6.23 Å². The first-order valence-corrected chi connectivity index (χ1v) is 5.40. The highest BCUT2D eigenvalue weighted by molar-refractivity contribution is 8.14. The standard InChI is InChI=1S/C9H8N2O4S/c12-5-2-1-3-10-7(5)8-11-6(4-16-8)15-9(13)14/h1-3,6,12H,4H2,(H,13,14). The number of pyridine rings is 1. The van der Waals surface area contributed by atoms with E-state index in [-0.39, 0.29) is 5.75 Å². The average Bonchev–Trinajstić information content (AvgIpc) is 2.66. The van der Waals surface area contributed by atoms with E-state index < -0.39 is 12.4 Å². The van der Waals surface area contributed by atoms with Gasteiger partial charge in [0.1, 0.15) is 16.5 Å². The van der Waals surface area contributed by atoms with Crippen molar-refractivity contribution in [3.8, 4) is 5.75 Å². The Morgan fingerprint density at radius 3 is 3.12 bits per heavy atom. The number of nitrogens with zero attached hydrogens (tertiary/aromatic N) is 2. The molecular formula is C9H8N2O4S. The molecule has 16 heavy (non-hydrogen) atoms. The first kappa shape index (κ1) is 10.7. The first-order chi connectivity index (χ1) is 7.66. The van der Waals surface area contributed by atoms with E-state index in [1.54, 1.807) is 6.07 Å². The van der Waals surface area contributed by atoms with Crippen molar-refractivity contribution in [3.05, 3.63) is 24.0 Å². The van der Waals surface area contributed by atoms with E-state index >= 15 is 0 Å². The van der Waals surface area contributed by atoms with Crippen molar-refractivity contribution >= 4 is 23.0 Å². The molecule has 7 heteroatoms. The summed E-state index contributed by atoms with van der Waals surface area (Å²) in [7, 11) is 0. The molecule has 2 rings (SSSR count). The molecule has 0 bridgehead atoms. The summed E-state index contributed by atoms with van der Waals surface area (Å²) in [5.41, 5.74) is 0.351. The lowest BCUT2D eigenvalue weighted by atomic mass is 10.3. The normalized spacial score (nSPS) is 19.2. The first-order valence-electron chi connectivity index (χ1n) is 4.41. The quantitative estimate of drug-likeness (QED) is 0.757. The molecule has 2 heterocycles. The topological polar surface area (TPSA) is 92.0 Å². The maximum absolute atomic E-state index is 10.3. The molecule has 0 fully saturated rings. The number of hydrogen-bond donors (Lipinski definition) is 2. The molecule has 1 aliphatic heterocycles. The molecule has 84 valence electrons. The second kappa shape index (κ2) is 4.40. The van der Waals surface area contributed by atoms with Crippen LogP contribution in [0, 0.1) is 0 Å². The Morgan fingerprint density at radius 1 is 1.62 bits per heavy atom. The van der Waals surface area contributed by atoms with Gasteiger partial charge >= 0.3 is 6.16 Å².